The Balaban J connectivity index is 1.64. The van der Waals surface area contributed by atoms with Gasteiger partial charge in [0.15, 0.2) is 0 Å². The highest BCUT2D eigenvalue weighted by Crippen LogP contribution is 2.32. The molecule has 5 heteroatoms. The first-order chi connectivity index (χ1) is 12.3. The molecule has 4 rings (SSSR count). The molecule has 1 fully saturated rings. The number of carbonyl (C=O) groups is 1. The lowest BCUT2D eigenvalue weighted by Crippen LogP contribution is -2.39. The lowest BCUT2D eigenvalue weighted by molar-refractivity contribution is 0.0601. The number of para-hydroxylation sites is 2. The van der Waals surface area contributed by atoms with Crippen molar-refractivity contribution in [3.63, 3.8) is 0 Å². The molecule has 1 amide bonds. The molecule has 2 aromatic carbocycles. The van der Waals surface area contributed by atoms with Crippen LogP contribution < -0.4 is 4.74 Å². The fourth-order valence-corrected chi connectivity index (χ4v) is 3.49. The molecule has 1 saturated heterocycles. The van der Waals surface area contributed by atoms with Gasteiger partial charge in [0.1, 0.15) is 11.6 Å². The molecule has 0 unspecified atom stereocenters. The van der Waals surface area contributed by atoms with Crippen LogP contribution in [-0.4, -0.2) is 34.4 Å². The fraction of sp³-hybridized carbons (Fsp3) is 0.300. The molecule has 1 aromatic heterocycles. The van der Waals surface area contributed by atoms with Crippen molar-refractivity contribution < 1.29 is 9.53 Å². The van der Waals surface area contributed by atoms with Gasteiger partial charge >= 0.3 is 0 Å². The van der Waals surface area contributed by atoms with E-state index < -0.39 is 0 Å². The highest BCUT2D eigenvalue weighted by Gasteiger charge is 2.30. The fourth-order valence-electron chi connectivity index (χ4n) is 3.49. The molecule has 0 bridgehead atoms. The number of nitrogens with zero attached hydrogens (tertiary/aromatic N) is 2. The van der Waals surface area contributed by atoms with Crippen LogP contribution in [-0.2, 0) is 0 Å². The molecule has 128 valence electrons. The number of ether oxygens (including phenoxy) is 1. The van der Waals surface area contributed by atoms with Crippen LogP contribution in [0.4, 0.5) is 0 Å². The summed E-state index contributed by atoms with van der Waals surface area (Å²) >= 11 is 0. The maximum Gasteiger partial charge on any atom is 0.254 e. The normalized spacial score (nSPS) is 17.6. The number of carbonyl (C=O) groups excluding carboxylic acids is 1. The van der Waals surface area contributed by atoms with Crippen molar-refractivity contribution in [2.75, 3.05) is 13.7 Å². The zero-order valence-electron chi connectivity index (χ0n) is 14.2. The number of aromatic amines is 1. The summed E-state index contributed by atoms with van der Waals surface area (Å²) in [4.78, 5) is 23.1. The lowest BCUT2D eigenvalue weighted by Gasteiger charge is -2.34. The topological polar surface area (TPSA) is 58.2 Å². The number of hydrogen-bond acceptors (Lipinski definition) is 3. The van der Waals surface area contributed by atoms with E-state index in [1.165, 1.54) is 0 Å². The van der Waals surface area contributed by atoms with Gasteiger partial charge in [-0.2, -0.15) is 0 Å². The quantitative estimate of drug-likeness (QED) is 0.789. The average Bonchev–Trinajstić information content (AvgIpc) is 3.11. The minimum absolute atomic E-state index is 0.00393. The summed E-state index contributed by atoms with van der Waals surface area (Å²) in [7, 11) is 1.62. The van der Waals surface area contributed by atoms with Gasteiger partial charge < -0.3 is 14.6 Å². The predicted molar refractivity (Wildman–Crippen MR) is 96.7 cm³/mol. The van der Waals surface area contributed by atoms with E-state index in [9.17, 15) is 4.79 Å². The van der Waals surface area contributed by atoms with Crippen LogP contribution >= 0.6 is 0 Å². The molecule has 2 heterocycles. The number of hydrogen-bond donors (Lipinski definition) is 1. The third-order valence-electron chi connectivity index (χ3n) is 4.82. The molecule has 1 N–H and O–H groups in total. The molecule has 0 spiro atoms. The van der Waals surface area contributed by atoms with Crippen molar-refractivity contribution in [2.24, 2.45) is 0 Å². The Bertz CT molecular complexity index is 852. The maximum absolute atomic E-state index is 13.0. The Morgan fingerprint density at radius 1 is 1.16 bits per heavy atom. The van der Waals surface area contributed by atoms with E-state index in [1.807, 2.05) is 53.4 Å². The van der Waals surface area contributed by atoms with Crippen LogP contribution in [0, 0.1) is 0 Å². The first kappa shape index (κ1) is 15.7. The molecular formula is C20H21N3O2. The zero-order chi connectivity index (χ0) is 17.2. The van der Waals surface area contributed by atoms with Crippen molar-refractivity contribution in [3.8, 4) is 5.75 Å². The number of nitrogens with one attached hydrogen (secondary N) is 1. The summed E-state index contributed by atoms with van der Waals surface area (Å²) < 4.78 is 5.18. The van der Waals surface area contributed by atoms with Gasteiger partial charge in [0.25, 0.3) is 5.91 Å². The van der Waals surface area contributed by atoms with E-state index in [1.54, 1.807) is 7.11 Å². The van der Waals surface area contributed by atoms with Gasteiger partial charge in [-0.15, -0.1) is 0 Å². The number of H-pyrrole nitrogens is 1. The maximum atomic E-state index is 13.0. The number of fused-ring (bicyclic) bond motifs is 1. The Kier molecular flexibility index (Phi) is 4.14. The van der Waals surface area contributed by atoms with E-state index in [0.29, 0.717) is 5.56 Å². The molecule has 1 atom stereocenters. The minimum atomic E-state index is -0.00393. The number of likely N-dealkylation sites (tertiary alicyclic amines) is 1. The molecule has 0 aliphatic carbocycles. The second-order valence-electron chi connectivity index (χ2n) is 6.38. The third kappa shape index (κ3) is 2.97. The first-order valence-electron chi connectivity index (χ1n) is 8.66. The Morgan fingerprint density at radius 3 is 2.72 bits per heavy atom. The Morgan fingerprint density at radius 2 is 1.96 bits per heavy atom. The molecule has 0 radical (unpaired) electrons. The number of amides is 1. The zero-order valence-corrected chi connectivity index (χ0v) is 14.2. The van der Waals surface area contributed by atoms with E-state index >= 15 is 0 Å². The minimum Gasteiger partial charge on any atom is -0.497 e. The van der Waals surface area contributed by atoms with Crippen LogP contribution in [0.3, 0.4) is 0 Å². The standard InChI is InChI=1S/C20H21N3O2/c1-25-15-11-9-14(10-12-15)20(24)23-13-5-4-8-18(23)19-21-16-6-2-3-7-17(16)22-19/h2-3,6-7,9-12,18H,4-5,8,13H2,1H3,(H,21,22)/t18-/m1/s1. The molecule has 1 aliphatic rings. The van der Waals surface area contributed by atoms with Gasteiger partial charge in [0.2, 0.25) is 0 Å². The second-order valence-corrected chi connectivity index (χ2v) is 6.38. The summed E-state index contributed by atoms with van der Waals surface area (Å²) in [5.41, 5.74) is 2.64. The smallest absolute Gasteiger partial charge is 0.254 e. The predicted octanol–water partition coefficient (Wildman–Crippen LogP) is 3.94. The van der Waals surface area contributed by atoms with Gasteiger partial charge in [-0.25, -0.2) is 4.98 Å². The van der Waals surface area contributed by atoms with Crippen LogP contribution in [0.1, 0.15) is 41.5 Å². The van der Waals surface area contributed by atoms with Gasteiger partial charge in [-0.05, 0) is 55.7 Å². The van der Waals surface area contributed by atoms with Crippen LogP contribution in [0.5, 0.6) is 5.75 Å². The number of methoxy groups -OCH3 is 1. The molecule has 5 nitrogen and oxygen atoms in total. The number of imidazole rings is 1. The summed E-state index contributed by atoms with van der Waals surface area (Å²) in [5.74, 6) is 1.68. The average molecular weight is 335 g/mol. The van der Waals surface area contributed by atoms with Gasteiger partial charge in [-0.3, -0.25) is 4.79 Å². The summed E-state index contributed by atoms with van der Waals surface area (Å²) in [5, 5.41) is 0. The largest absolute Gasteiger partial charge is 0.497 e. The van der Waals surface area contributed by atoms with Crippen molar-refractivity contribution in [2.45, 2.75) is 25.3 Å². The van der Waals surface area contributed by atoms with Crippen LogP contribution in [0.25, 0.3) is 11.0 Å². The van der Waals surface area contributed by atoms with Gasteiger partial charge in [0.05, 0.1) is 24.2 Å². The second kappa shape index (κ2) is 6.59. The first-order valence-corrected chi connectivity index (χ1v) is 8.66. The number of benzene rings is 2. The number of piperidine rings is 1. The van der Waals surface area contributed by atoms with Crippen LogP contribution in [0.2, 0.25) is 0 Å². The van der Waals surface area contributed by atoms with Crippen molar-refractivity contribution in [1.82, 2.24) is 14.9 Å². The van der Waals surface area contributed by atoms with Crippen molar-refractivity contribution in [1.29, 1.82) is 0 Å². The molecular weight excluding hydrogens is 314 g/mol. The van der Waals surface area contributed by atoms with E-state index in [2.05, 4.69) is 4.98 Å². The number of rotatable bonds is 3. The lowest BCUT2D eigenvalue weighted by atomic mass is 10.00. The third-order valence-corrected chi connectivity index (χ3v) is 4.82. The van der Waals surface area contributed by atoms with Gasteiger partial charge in [-0.1, -0.05) is 12.1 Å². The SMILES string of the molecule is COc1ccc(C(=O)N2CCCC[C@@H]2c2nc3ccccc3[nH]2)cc1. The van der Waals surface area contributed by atoms with E-state index in [0.717, 1.165) is 48.4 Å². The van der Waals surface area contributed by atoms with Crippen molar-refractivity contribution in [3.05, 3.63) is 59.9 Å². The monoisotopic (exact) mass is 335 g/mol. The Hall–Kier alpha value is -2.82. The van der Waals surface area contributed by atoms with E-state index in [-0.39, 0.29) is 11.9 Å². The highest BCUT2D eigenvalue weighted by molar-refractivity contribution is 5.94. The summed E-state index contributed by atoms with van der Waals surface area (Å²) in [6.45, 7) is 0.757. The van der Waals surface area contributed by atoms with Gasteiger partial charge in [0, 0.05) is 12.1 Å². The van der Waals surface area contributed by atoms with Crippen molar-refractivity contribution >= 4 is 16.9 Å². The number of aromatic nitrogens is 2. The Labute approximate surface area is 146 Å². The molecule has 1 aliphatic heterocycles. The van der Waals surface area contributed by atoms with E-state index in [4.69, 9.17) is 9.72 Å². The summed E-state index contributed by atoms with van der Waals surface area (Å²) in [6.07, 6.45) is 3.06. The molecule has 3 aromatic rings. The summed E-state index contributed by atoms with van der Waals surface area (Å²) in [6, 6.07) is 15.3. The van der Waals surface area contributed by atoms with Crippen LogP contribution in [0.15, 0.2) is 48.5 Å². The molecule has 0 saturated carbocycles. The highest BCUT2D eigenvalue weighted by atomic mass is 16.5. The molecule has 25 heavy (non-hydrogen) atoms.